The van der Waals surface area contributed by atoms with E-state index in [0.717, 1.165) is 12.1 Å². The minimum atomic E-state index is -0.884. The third kappa shape index (κ3) is 4.52. The van der Waals surface area contributed by atoms with Gasteiger partial charge >= 0.3 is 5.69 Å². The number of H-pyrrole nitrogens is 1. The number of carbonyl (C=O) groups excluding carboxylic acids is 1. The molecular weight excluding hydrogens is 394 g/mol. The van der Waals surface area contributed by atoms with Crippen LogP contribution < -0.4 is 16.0 Å². The van der Waals surface area contributed by atoms with E-state index in [9.17, 15) is 23.2 Å². The third-order valence-electron chi connectivity index (χ3n) is 3.80. The van der Waals surface area contributed by atoms with Gasteiger partial charge in [0.2, 0.25) is 0 Å². The van der Waals surface area contributed by atoms with Crippen molar-refractivity contribution >= 4 is 17.4 Å². The second kappa shape index (κ2) is 8.18. The second-order valence-corrected chi connectivity index (χ2v) is 6.22. The minimum absolute atomic E-state index is 0.00856. The summed E-state index contributed by atoms with van der Waals surface area (Å²) in [7, 11) is 0. The zero-order valence-electron chi connectivity index (χ0n) is 14.2. The number of ketones is 1. The molecule has 6 nitrogen and oxygen atoms in total. The second-order valence-electron chi connectivity index (χ2n) is 5.78. The molecule has 1 N–H and O–H groups in total. The van der Waals surface area contributed by atoms with Crippen LogP contribution in [0.5, 0.6) is 5.75 Å². The minimum Gasteiger partial charge on any atom is -0.491 e. The number of aromatic nitrogens is 2. The molecule has 1 aromatic heterocycles. The van der Waals surface area contributed by atoms with Crippen LogP contribution in [0.3, 0.4) is 0 Å². The fourth-order valence-electron chi connectivity index (χ4n) is 2.52. The van der Waals surface area contributed by atoms with Crippen LogP contribution in [0.2, 0.25) is 5.02 Å². The van der Waals surface area contributed by atoms with Crippen LogP contribution in [0, 0.1) is 11.6 Å². The van der Waals surface area contributed by atoms with E-state index in [-0.39, 0.29) is 35.1 Å². The molecular formula is C19H13ClF2N2O4. The summed E-state index contributed by atoms with van der Waals surface area (Å²) < 4.78 is 33.7. The lowest BCUT2D eigenvalue weighted by atomic mass is 10.0. The van der Waals surface area contributed by atoms with E-state index < -0.39 is 28.7 Å². The lowest BCUT2D eigenvalue weighted by molar-refractivity contribution is 0.103. The fourth-order valence-corrected chi connectivity index (χ4v) is 2.69. The van der Waals surface area contributed by atoms with Crippen LogP contribution in [-0.2, 0) is 6.54 Å². The van der Waals surface area contributed by atoms with Gasteiger partial charge in [0.05, 0.1) is 12.1 Å². The van der Waals surface area contributed by atoms with Crippen molar-refractivity contribution in [3.63, 3.8) is 0 Å². The molecule has 3 rings (SSSR count). The normalized spacial score (nSPS) is 10.7. The molecule has 3 aromatic rings. The molecule has 1 heterocycles. The molecule has 0 atom stereocenters. The largest absolute Gasteiger partial charge is 0.491 e. The monoisotopic (exact) mass is 406 g/mol. The summed E-state index contributed by atoms with van der Waals surface area (Å²) in [5, 5.41) is 0.240. The number of nitrogens with one attached hydrogen (secondary N) is 1. The van der Waals surface area contributed by atoms with Crippen molar-refractivity contribution in [1.29, 1.82) is 0 Å². The summed E-state index contributed by atoms with van der Waals surface area (Å²) in [6.07, 6.45) is 1.31. The molecule has 0 aliphatic heterocycles. The Morgan fingerprint density at radius 3 is 2.46 bits per heavy atom. The van der Waals surface area contributed by atoms with E-state index in [1.165, 1.54) is 35.0 Å². The Balaban J connectivity index is 1.83. The molecule has 0 bridgehead atoms. The summed E-state index contributed by atoms with van der Waals surface area (Å²) in [6.45, 7) is 0.0891. The molecule has 2 aromatic carbocycles. The first-order valence-corrected chi connectivity index (χ1v) is 8.44. The molecule has 0 saturated heterocycles. The van der Waals surface area contributed by atoms with Crippen molar-refractivity contribution in [3.05, 3.63) is 97.3 Å². The molecule has 28 heavy (non-hydrogen) atoms. The number of ether oxygens (including phenoxy) is 1. The van der Waals surface area contributed by atoms with Gasteiger partial charge in [0, 0.05) is 28.9 Å². The van der Waals surface area contributed by atoms with Gasteiger partial charge in [-0.25, -0.2) is 13.6 Å². The van der Waals surface area contributed by atoms with E-state index in [0.29, 0.717) is 6.07 Å². The zero-order valence-corrected chi connectivity index (χ0v) is 15.0. The lowest BCUT2D eigenvalue weighted by Gasteiger charge is -2.12. The molecule has 0 unspecified atom stereocenters. The highest BCUT2D eigenvalue weighted by atomic mass is 35.5. The molecule has 0 amide bonds. The average Bonchev–Trinajstić information content (AvgIpc) is 2.63. The molecule has 0 fully saturated rings. The van der Waals surface area contributed by atoms with Gasteiger partial charge in [0.15, 0.2) is 5.78 Å². The number of hydrogen-bond acceptors (Lipinski definition) is 4. The van der Waals surface area contributed by atoms with Gasteiger partial charge in [-0.3, -0.25) is 19.1 Å². The maximum absolute atomic E-state index is 13.4. The Labute approximate surface area is 162 Å². The van der Waals surface area contributed by atoms with Crippen LogP contribution in [0.15, 0.2) is 58.3 Å². The predicted molar refractivity (Wildman–Crippen MR) is 98.1 cm³/mol. The number of hydrogen-bond donors (Lipinski definition) is 1. The summed E-state index contributed by atoms with van der Waals surface area (Å²) in [6, 6.07) is 7.94. The quantitative estimate of drug-likeness (QED) is 0.638. The molecule has 0 aliphatic rings. The van der Waals surface area contributed by atoms with Gasteiger partial charge in [-0.2, -0.15) is 0 Å². The van der Waals surface area contributed by atoms with Crippen LogP contribution >= 0.6 is 11.6 Å². The Morgan fingerprint density at radius 1 is 1.07 bits per heavy atom. The van der Waals surface area contributed by atoms with E-state index in [2.05, 4.69) is 4.98 Å². The molecule has 9 heteroatoms. The molecule has 0 spiro atoms. The first-order chi connectivity index (χ1) is 13.3. The van der Waals surface area contributed by atoms with Gasteiger partial charge in [-0.15, -0.1) is 0 Å². The van der Waals surface area contributed by atoms with Crippen LogP contribution in [0.1, 0.15) is 15.9 Å². The standard InChI is InChI=1S/C19H13ClF2N2O4/c20-12-1-2-16(28-6-5-24-4-3-17(25)23-19(24)27)15(9-12)18(26)11-7-13(21)10-14(22)8-11/h1-4,7-10H,5-6H2,(H,23,25,27). The van der Waals surface area contributed by atoms with Gasteiger partial charge in [0.25, 0.3) is 5.56 Å². The van der Waals surface area contributed by atoms with Crippen molar-refractivity contribution < 1.29 is 18.3 Å². The predicted octanol–water partition coefficient (Wildman–Crippen LogP) is 2.78. The zero-order chi connectivity index (χ0) is 20.3. The first-order valence-electron chi connectivity index (χ1n) is 8.06. The number of nitrogens with zero attached hydrogens (tertiary/aromatic N) is 1. The lowest BCUT2D eigenvalue weighted by Crippen LogP contribution is -2.30. The Morgan fingerprint density at radius 2 is 1.79 bits per heavy atom. The average molecular weight is 407 g/mol. The molecule has 144 valence electrons. The van der Waals surface area contributed by atoms with Crippen molar-refractivity contribution in [1.82, 2.24) is 9.55 Å². The molecule has 0 saturated carbocycles. The summed E-state index contributed by atoms with van der Waals surface area (Å²) in [5.41, 5.74) is -1.29. The van der Waals surface area contributed by atoms with E-state index in [1.54, 1.807) is 0 Å². The number of carbonyl (C=O) groups is 1. The van der Waals surface area contributed by atoms with Gasteiger partial charge in [0.1, 0.15) is 24.0 Å². The maximum atomic E-state index is 13.4. The Bertz CT molecular complexity index is 1140. The highest BCUT2D eigenvalue weighted by Crippen LogP contribution is 2.26. The van der Waals surface area contributed by atoms with Crippen LogP contribution in [0.25, 0.3) is 0 Å². The smallest absolute Gasteiger partial charge is 0.328 e. The van der Waals surface area contributed by atoms with Gasteiger partial charge < -0.3 is 4.74 Å². The number of halogens is 3. The van der Waals surface area contributed by atoms with Gasteiger partial charge in [-0.05, 0) is 30.3 Å². The Kier molecular flexibility index (Phi) is 5.70. The topological polar surface area (TPSA) is 81.2 Å². The number of rotatable bonds is 6. The maximum Gasteiger partial charge on any atom is 0.328 e. The third-order valence-corrected chi connectivity index (χ3v) is 4.03. The molecule has 0 aliphatic carbocycles. The first kappa shape index (κ1) is 19.5. The highest BCUT2D eigenvalue weighted by molar-refractivity contribution is 6.31. The van der Waals surface area contributed by atoms with E-state index in [4.69, 9.17) is 16.3 Å². The highest BCUT2D eigenvalue weighted by Gasteiger charge is 2.17. The van der Waals surface area contributed by atoms with E-state index in [1.807, 2.05) is 0 Å². The van der Waals surface area contributed by atoms with Crippen LogP contribution in [0.4, 0.5) is 8.78 Å². The Hall–Kier alpha value is -3.26. The fraction of sp³-hybridized carbons (Fsp3) is 0.105. The summed E-state index contributed by atoms with van der Waals surface area (Å²) in [4.78, 5) is 37.5. The van der Waals surface area contributed by atoms with Crippen molar-refractivity contribution in [2.75, 3.05) is 6.61 Å². The molecule has 0 radical (unpaired) electrons. The van der Waals surface area contributed by atoms with Crippen molar-refractivity contribution in [3.8, 4) is 5.75 Å². The van der Waals surface area contributed by atoms with E-state index >= 15 is 0 Å². The van der Waals surface area contributed by atoms with Crippen molar-refractivity contribution in [2.24, 2.45) is 0 Å². The SMILES string of the molecule is O=C(c1cc(F)cc(F)c1)c1cc(Cl)ccc1OCCn1ccc(=O)[nH]c1=O. The summed E-state index contributed by atoms with van der Waals surface area (Å²) in [5.74, 6) is -2.30. The van der Waals surface area contributed by atoms with Crippen molar-refractivity contribution in [2.45, 2.75) is 6.54 Å². The van der Waals surface area contributed by atoms with Crippen LogP contribution in [-0.4, -0.2) is 21.9 Å². The van der Waals surface area contributed by atoms with Gasteiger partial charge in [-0.1, -0.05) is 11.6 Å². The number of benzene rings is 2. The number of aromatic amines is 1. The summed E-state index contributed by atoms with van der Waals surface area (Å²) >= 11 is 5.94.